The van der Waals surface area contributed by atoms with Crippen molar-refractivity contribution in [2.24, 2.45) is 0 Å². The number of phenols is 1. The summed E-state index contributed by atoms with van der Waals surface area (Å²) in [5.74, 6) is 0.191. The number of methoxy groups -OCH3 is 1. The molecule has 0 radical (unpaired) electrons. The van der Waals surface area contributed by atoms with Gasteiger partial charge < -0.3 is 14.6 Å². The van der Waals surface area contributed by atoms with Crippen molar-refractivity contribution in [2.45, 2.75) is 6.92 Å². The first-order valence-electron chi connectivity index (χ1n) is 6.14. The number of hydrogen-bond donors (Lipinski definition) is 1. The van der Waals surface area contributed by atoms with E-state index in [1.807, 2.05) is 0 Å². The minimum absolute atomic E-state index is 0.0842. The average Bonchev–Trinajstić information content (AvgIpc) is 2.47. The molecule has 5 heteroatoms. The molecular weight excluding hydrogens is 258 g/mol. The summed E-state index contributed by atoms with van der Waals surface area (Å²) in [5.41, 5.74) is 1.77. The first kappa shape index (κ1) is 13.9. The fourth-order valence-electron chi connectivity index (χ4n) is 1.79. The van der Waals surface area contributed by atoms with Gasteiger partial charge in [0.1, 0.15) is 11.5 Å². The lowest BCUT2D eigenvalue weighted by Gasteiger charge is -2.07. The molecule has 0 aliphatic carbocycles. The highest BCUT2D eigenvalue weighted by Crippen LogP contribution is 2.29. The smallest absolute Gasteiger partial charge is 0.339 e. The van der Waals surface area contributed by atoms with Gasteiger partial charge in [-0.2, -0.15) is 0 Å². The van der Waals surface area contributed by atoms with Gasteiger partial charge in [0.15, 0.2) is 0 Å². The second-order valence-electron chi connectivity index (χ2n) is 4.10. The molecule has 0 unspecified atom stereocenters. The third kappa shape index (κ3) is 3.06. The van der Waals surface area contributed by atoms with Crippen LogP contribution in [-0.4, -0.2) is 29.8 Å². The highest BCUT2D eigenvalue weighted by atomic mass is 16.5. The Morgan fingerprint density at radius 2 is 2.00 bits per heavy atom. The summed E-state index contributed by atoms with van der Waals surface area (Å²) in [6, 6.07) is 6.51. The minimum Gasteiger partial charge on any atom is -0.508 e. The van der Waals surface area contributed by atoms with E-state index in [1.165, 1.54) is 19.4 Å². The molecule has 2 aromatic rings. The number of rotatable bonds is 4. The van der Waals surface area contributed by atoms with E-state index in [0.29, 0.717) is 29.0 Å². The Balaban J connectivity index is 2.40. The zero-order chi connectivity index (χ0) is 14.5. The van der Waals surface area contributed by atoms with Gasteiger partial charge >= 0.3 is 5.97 Å². The van der Waals surface area contributed by atoms with E-state index in [-0.39, 0.29) is 5.75 Å². The molecule has 0 fully saturated rings. The lowest BCUT2D eigenvalue weighted by atomic mass is 10.1. The standard InChI is InChI=1S/C15H15NO4/c1-3-20-15(18)12-4-11(8-16-9-12)10-5-13(17)7-14(6-10)19-2/h4-9,17H,3H2,1-2H3. The van der Waals surface area contributed by atoms with Crippen molar-refractivity contribution >= 4 is 5.97 Å². The van der Waals surface area contributed by atoms with Gasteiger partial charge in [-0.05, 0) is 30.7 Å². The van der Waals surface area contributed by atoms with Gasteiger partial charge in [0.05, 0.1) is 19.3 Å². The summed E-state index contributed by atoms with van der Waals surface area (Å²) >= 11 is 0. The van der Waals surface area contributed by atoms with E-state index in [1.54, 1.807) is 31.3 Å². The van der Waals surface area contributed by atoms with Crippen molar-refractivity contribution in [1.29, 1.82) is 0 Å². The minimum atomic E-state index is -0.422. The zero-order valence-corrected chi connectivity index (χ0v) is 11.3. The number of aromatic hydroxyl groups is 1. The summed E-state index contributed by atoms with van der Waals surface area (Å²) < 4.78 is 10.0. The highest BCUT2D eigenvalue weighted by Gasteiger charge is 2.10. The molecule has 0 aliphatic heterocycles. The van der Waals surface area contributed by atoms with Crippen molar-refractivity contribution < 1.29 is 19.4 Å². The van der Waals surface area contributed by atoms with Crippen LogP contribution in [0.1, 0.15) is 17.3 Å². The van der Waals surface area contributed by atoms with Gasteiger partial charge in [-0.3, -0.25) is 4.98 Å². The quantitative estimate of drug-likeness (QED) is 0.867. The molecule has 104 valence electrons. The van der Waals surface area contributed by atoms with Crippen molar-refractivity contribution in [3.8, 4) is 22.6 Å². The lowest BCUT2D eigenvalue weighted by Crippen LogP contribution is -2.05. The van der Waals surface area contributed by atoms with Gasteiger partial charge in [-0.15, -0.1) is 0 Å². The van der Waals surface area contributed by atoms with E-state index >= 15 is 0 Å². The Morgan fingerprint density at radius 1 is 1.20 bits per heavy atom. The van der Waals surface area contributed by atoms with Crippen molar-refractivity contribution in [1.82, 2.24) is 4.98 Å². The number of hydrogen-bond acceptors (Lipinski definition) is 5. The van der Waals surface area contributed by atoms with Crippen LogP contribution in [-0.2, 0) is 4.74 Å². The second-order valence-corrected chi connectivity index (χ2v) is 4.10. The van der Waals surface area contributed by atoms with E-state index in [0.717, 1.165) is 0 Å². The van der Waals surface area contributed by atoms with Crippen LogP contribution in [0.2, 0.25) is 0 Å². The molecule has 1 aromatic carbocycles. The van der Waals surface area contributed by atoms with Crippen LogP contribution in [0, 0.1) is 0 Å². The Morgan fingerprint density at radius 3 is 2.70 bits per heavy atom. The van der Waals surface area contributed by atoms with Crippen LogP contribution in [0.4, 0.5) is 0 Å². The van der Waals surface area contributed by atoms with Gasteiger partial charge in [-0.1, -0.05) is 0 Å². The molecule has 1 N–H and O–H groups in total. The van der Waals surface area contributed by atoms with E-state index in [2.05, 4.69) is 4.98 Å². The van der Waals surface area contributed by atoms with Crippen LogP contribution in [0.3, 0.4) is 0 Å². The van der Waals surface area contributed by atoms with Crippen molar-refractivity contribution in [3.63, 3.8) is 0 Å². The molecule has 5 nitrogen and oxygen atoms in total. The molecule has 0 spiro atoms. The van der Waals surface area contributed by atoms with Crippen LogP contribution in [0.15, 0.2) is 36.7 Å². The Hall–Kier alpha value is -2.56. The third-order valence-corrected chi connectivity index (χ3v) is 2.71. The fourth-order valence-corrected chi connectivity index (χ4v) is 1.79. The van der Waals surface area contributed by atoms with Gasteiger partial charge in [0.2, 0.25) is 0 Å². The number of benzene rings is 1. The zero-order valence-electron chi connectivity index (χ0n) is 11.3. The molecule has 0 bridgehead atoms. The van der Waals surface area contributed by atoms with Crippen LogP contribution >= 0.6 is 0 Å². The first-order valence-corrected chi connectivity index (χ1v) is 6.14. The van der Waals surface area contributed by atoms with Crippen LogP contribution in [0.25, 0.3) is 11.1 Å². The van der Waals surface area contributed by atoms with E-state index < -0.39 is 5.97 Å². The molecule has 0 amide bonds. The van der Waals surface area contributed by atoms with E-state index in [4.69, 9.17) is 9.47 Å². The molecule has 0 aliphatic rings. The SMILES string of the molecule is CCOC(=O)c1cncc(-c2cc(O)cc(OC)c2)c1. The maximum atomic E-state index is 11.7. The molecule has 2 rings (SSSR count). The predicted molar refractivity (Wildman–Crippen MR) is 73.8 cm³/mol. The summed E-state index contributed by atoms with van der Waals surface area (Å²) in [7, 11) is 1.52. The molecule has 0 saturated carbocycles. The number of aromatic nitrogens is 1. The molecule has 0 atom stereocenters. The predicted octanol–water partition coefficient (Wildman–Crippen LogP) is 2.64. The molecular formula is C15H15NO4. The molecule has 0 saturated heterocycles. The number of carbonyl (C=O) groups is 1. The first-order chi connectivity index (χ1) is 9.63. The molecule has 1 heterocycles. The average molecular weight is 273 g/mol. The second kappa shape index (κ2) is 6.06. The van der Waals surface area contributed by atoms with Crippen LogP contribution in [0.5, 0.6) is 11.5 Å². The topological polar surface area (TPSA) is 68.7 Å². The Bertz CT molecular complexity index is 625. The summed E-state index contributed by atoms with van der Waals surface area (Å²) in [6.45, 7) is 2.05. The number of phenolic OH excluding ortho intramolecular Hbond substituents is 1. The highest BCUT2D eigenvalue weighted by molar-refractivity contribution is 5.90. The van der Waals surface area contributed by atoms with Gasteiger partial charge in [0.25, 0.3) is 0 Å². The largest absolute Gasteiger partial charge is 0.508 e. The number of ether oxygens (including phenoxy) is 2. The van der Waals surface area contributed by atoms with Gasteiger partial charge in [-0.25, -0.2) is 4.79 Å². The molecule has 20 heavy (non-hydrogen) atoms. The summed E-state index contributed by atoms with van der Waals surface area (Å²) in [4.78, 5) is 15.7. The third-order valence-electron chi connectivity index (χ3n) is 2.71. The number of esters is 1. The number of pyridine rings is 1. The fraction of sp³-hybridized carbons (Fsp3) is 0.200. The monoisotopic (exact) mass is 273 g/mol. The normalized spacial score (nSPS) is 10.1. The maximum Gasteiger partial charge on any atom is 0.339 e. The van der Waals surface area contributed by atoms with Gasteiger partial charge in [0, 0.05) is 24.0 Å². The maximum absolute atomic E-state index is 11.7. The van der Waals surface area contributed by atoms with Crippen LogP contribution < -0.4 is 4.74 Å². The number of nitrogens with zero attached hydrogens (tertiary/aromatic N) is 1. The molecule has 1 aromatic heterocycles. The number of carbonyl (C=O) groups excluding carboxylic acids is 1. The Kier molecular flexibility index (Phi) is 4.20. The Labute approximate surface area is 116 Å². The lowest BCUT2D eigenvalue weighted by molar-refractivity contribution is 0.0526. The summed E-state index contributed by atoms with van der Waals surface area (Å²) in [6.07, 6.45) is 3.05. The van der Waals surface area contributed by atoms with Crippen molar-refractivity contribution in [3.05, 3.63) is 42.2 Å². The van der Waals surface area contributed by atoms with E-state index in [9.17, 15) is 9.90 Å². The van der Waals surface area contributed by atoms with Crippen molar-refractivity contribution in [2.75, 3.05) is 13.7 Å². The summed E-state index contributed by atoms with van der Waals surface area (Å²) in [5, 5.41) is 9.66.